The Labute approximate surface area is 112 Å². The first kappa shape index (κ1) is 13.5. The summed E-state index contributed by atoms with van der Waals surface area (Å²) in [6, 6.07) is 8.80. The monoisotopic (exact) mass is 260 g/mol. The molecule has 1 atom stereocenters. The summed E-state index contributed by atoms with van der Waals surface area (Å²) < 4.78 is 18.5. The van der Waals surface area contributed by atoms with Crippen molar-refractivity contribution in [3.8, 4) is 5.75 Å². The van der Waals surface area contributed by atoms with Crippen molar-refractivity contribution < 1.29 is 9.13 Å². The second-order valence-electron chi connectivity index (χ2n) is 4.35. The standard InChI is InChI=1S/C15H17FN2O/c1-10-4-5-12(9-18-10)15(17-2)11-6-7-13(16)14(8-11)19-3/h4-9,15,17H,1-3H3. The summed E-state index contributed by atoms with van der Waals surface area (Å²) in [5.41, 5.74) is 2.93. The first-order valence-corrected chi connectivity index (χ1v) is 6.09. The van der Waals surface area contributed by atoms with Crippen molar-refractivity contribution in [3.63, 3.8) is 0 Å². The molecule has 0 aliphatic heterocycles. The molecule has 1 aromatic carbocycles. The van der Waals surface area contributed by atoms with Gasteiger partial charge in [0.25, 0.3) is 0 Å². The van der Waals surface area contributed by atoms with Crippen molar-refractivity contribution in [1.29, 1.82) is 0 Å². The van der Waals surface area contributed by atoms with E-state index in [2.05, 4.69) is 10.3 Å². The van der Waals surface area contributed by atoms with Crippen LogP contribution >= 0.6 is 0 Å². The highest BCUT2D eigenvalue weighted by Crippen LogP contribution is 2.26. The normalized spacial score (nSPS) is 12.2. The van der Waals surface area contributed by atoms with E-state index in [-0.39, 0.29) is 17.6 Å². The van der Waals surface area contributed by atoms with Crippen molar-refractivity contribution in [2.75, 3.05) is 14.2 Å². The molecule has 0 saturated heterocycles. The van der Waals surface area contributed by atoms with Crippen LogP contribution in [0.15, 0.2) is 36.5 Å². The zero-order valence-electron chi connectivity index (χ0n) is 11.3. The molecule has 1 unspecified atom stereocenters. The molecule has 3 nitrogen and oxygen atoms in total. The number of rotatable bonds is 4. The Balaban J connectivity index is 2.39. The smallest absolute Gasteiger partial charge is 0.165 e. The van der Waals surface area contributed by atoms with Gasteiger partial charge in [-0.1, -0.05) is 12.1 Å². The highest BCUT2D eigenvalue weighted by Gasteiger charge is 2.14. The minimum atomic E-state index is -0.358. The summed E-state index contributed by atoms with van der Waals surface area (Å²) in [5, 5.41) is 3.21. The highest BCUT2D eigenvalue weighted by atomic mass is 19.1. The molecule has 0 fully saturated rings. The van der Waals surface area contributed by atoms with Crippen molar-refractivity contribution in [2.24, 2.45) is 0 Å². The minimum Gasteiger partial charge on any atom is -0.494 e. The van der Waals surface area contributed by atoms with E-state index in [4.69, 9.17) is 4.74 Å². The summed E-state index contributed by atoms with van der Waals surface area (Å²) in [4.78, 5) is 4.29. The van der Waals surface area contributed by atoms with Gasteiger partial charge in [0.15, 0.2) is 11.6 Å². The Kier molecular flexibility index (Phi) is 4.12. The second kappa shape index (κ2) is 5.80. The molecule has 0 saturated carbocycles. The van der Waals surface area contributed by atoms with Crippen molar-refractivity contribution in [3.05, 3.63) is 59.2 Å². The predicted molar refractivity (Wildman–Crippen MR) is 72.8 cm³/mol. The molecule has 0 amide bonds. The van der Waals surface area contributed by atoms with Crippen LogP contribution in [0.2, 0.25) is 0 Å². The van der Waals surface area contributed by atoms with Crippen LogP contribution in [-0.2, 0) is 0 Å². The fourth-order valence-corrected chi connectivity index (χ4v) is 2.03. The Bertz CT molecular complexity index is 555. The van der Waals surface area contributed by atoms with Crippen molar-refractivity contribution in [2.45, 2.75) is 13.0 Å². The van der Waals surface area contributed by atoms with Gasteiger partial charge in [-0.05, 0) is 43.3 Å². The van der Waals surface area contributed by atoms with E-state index in [1.165, 1.54) is 13.2 Å². The third-order valence-electron chi connectivity index (χ3n) is 3.06. The largest absolute Gasteiger partial charge is 0.494 e. The third kappa shape index (κ3) is 2.90. The van der Waals surface area contributed by atoms with Crippen molar-refractivity contribution >= 4 is 0 Å². The minimum absolute atomic E-state index is 0.0393. The van der Waals surface area contributed by atoms with Crippen LogP contribution in [0.1, 0.15) is 22.9 Å². The van der Waals surface area contributed by atoms with Gasteiger partial charge in [0, 0.05) is 11.9 Å². The Hall–Kier alpha value is -1.94. The van der Waals surface area contributed by atoms with Crippen LogP contribution in [-0.4, -0.2) is 19.1 Å². The van der Waals surface area contributed by atoms with Crippen LogP contribution in [0.5, 0.6) is 5.75 Å². The average molecular weight is 260 g/mol. The van der Waals surface area contributed by atoms with Gasteiger partial charge in [-0.25, -0.2) is 4.39 Å². The maximum absolute atomic E-state index is 13.4. The molecule has 1 aromatic heterocycles. The topological polar surface area (TPSA) is 34.2 Å². The van der Waals surface area contributed by atoms with Gasteiger partial charge < -0.3 is 10.1 Å². The molecule has 100 valence electrons. The first-order chi connectivity index (χ1) is 9.15. The summed E-state index contributed by atoms with van der Waals surface area (Å²) in [6.07, 6.45) is 1.83. The summed E-state index contributed by atoms with van der Waals surface area (Å²) in [5.74, 6) is -0.110. The number of methoxy groups -OCH3 is 1. The quantitative estimate of drug-likeness (QED) is 0.918. The number of pyridine rings is 1. The number of halogens is 1. The van der Waals surface area contributed by atoms with Crippen LogP contribution in [0.25, 0.3) is 0 Å². The van der Waals surface area contributed by atoms with E-state index in [1.54, 1.807) is 12.1 Å². The van der Waals surface area contributed by atoms with E-state index < -0.39 is 0 Å². The fraction of sp³-hybridized carbons (Fsp3) is 0.267. The number of nitrogens with one attached hydrogen (secondary N) is 1. The maximum Gasteiger partial charge on any atom is 0.165 e. The molecule has 2 rings (SSSR count). The number of aryl methyl sites for hydroxylation is 1. The molecule has 1 N–H and O–H groups in total. The molecule has 0 bridgehead atoms. The van der Waals surface area contributed by atoms with Gasteiger partial charge in [0.05, 0.1) is 13.2 Å². The molecule has 4 heteroatoms. The molecule has 0 aliphatic rings. The Morgan fingerprint density at radius 3 is 2.53 bits per heavy atom. The van der Waals surface area contributed by atoms with Crippen LogP contribution < -0.4 is 10.1 Å². The van der Waals surface area contributed by atoms with Crippen LogP contribution in [0, 0.1) is 12.7 Å². The molecular formula is C15H17FN2O. The lowest BCUT2D eigenvalue weighted by Gasteiger charge is -2.18. The number of hydrogen-bond acceptors (Lipinski definition) is 3. The van der Waals surface area contributed by atoms with Gasteiger partial charge >= 0.3 is 0 Å². The number of benzene rings is 1. The summed E-state index contributed by atoms with van der Waals surface area (Å²) in [6.45, 7) is 1.94. The molecule has 0 spiro atoms. The molecular weight excluding hydrogens is 243 g/mol. The van der Waals surface area contributed by atoms with E-state index in [9.17, 15) is 4.39 Å². The van der Waals surface area contributed by atoms with Crippen LogP contribution in [0.3, 0.4) is 0 Å². The van der Waals surface area contributed by atoms with E-state index >= 15 is 0 Å². The number of hydrogen-bond donors (Lipinski definition) is 1. The van der Waals surface area contributed by atoms with Gasteiger partial charge in [0.2, 0.25) is 0 Å². The van der Waals surface area contributed by atoms with E-state index in [0.717, 1.165) is 16.8 Å². The van der Waals surface area contributed by atoms with E-state index in [1.807, 2.05) is 32.3 Å². The molecule has 2 aromatic rings. The highest BCUT2D eigenvalue weighted by molar-refractivity contribution is 5.37. The lowest BCUT2D eigenvalue weighted by molar-refractivity contribution is 0.385. The summed E-state index contributed by atoms with van der Waals surface area (Å²) in [7, 11) is 3.32. The molecule has 0 aliphatic carbocycles. The first-order valence-electron chi connectivity index (χ1n) is 6.09. The summed E-state index contributed by atoms with van der Waals surface area (Å²) >= 11 is 0. The van der Waals surface area contributed by atoms with Gasteiger partial charge in [-0.2, -0.15) is 0 Å². The molecule has 0 radical (unpaired) electrons. The Morgan fingerprint density at radius 2 is 1.95 bits per heavy atom. The maximum atomic E-state index is 13.4. The molecule has 1 heterocycles. The van der Waals surface area contributed by atoms with Gasteiger partial charge in [0.1, 0.15) is 0 Å². The van der Waals surface area contributed by atoms with Crippen molar-refractivity contribution in [1.82, 2.24) is 10.3 Å². The van der Waals surface area contributed by atoms with E-state index in [0.29, 0.717) is 0 Å². The lowest BCUT2D eigenvalue weighted by atomic mass is 10.00. The SMILES string of the molecule is CNC(c1ccc(C)nc1)c1ccc(F)c(OC)c1. The average Bonchev–Trinajstić information content (AvgIpc) is 2.43. The number of ether oxygens (including phenoxy) is 1. The molecule has 19 heavy (non-hydrogen) atoms. The Morgan fingerprint density at radius 1 is 1.21 bits per heavy atom. The second-order valence-corrected chi connectivity index (χ2v) is 4.35. The van der Waals surface area contributed by atoms with Crippen LogP contribution in [0.4, 0.5) is 4.39 Å². The number of aromatic nitrogens is 1. The lowest BCUT2D eigenvalue weighted by Crippen LogP contribution is -2.18. The number of nitrogens with zero attached hydrogens (tertiary/aromatic N) is 1. The third-order valence-corrected chi connectivity index (χ3v) is 3.06. The van der Waals surface area contributed by atoms with Gasteiger partial charge in [-0.15, -0.1) is 0 Å². The zero-order chi connectivity index (χ0) is 13.8. The fourth-order valence-electron chi connectivity index (χ4n) is 2.03. The predicted octanol–water partition coefficient (Wildman–Crippen LogP) is 2.85. The zero-order valence-corrected chi connectivity index (χ0v) is 11.3. The van der Waals surface area contributed by atoms with Gasteiger partial charge in [-0.3, -0.25) is 4.98 Å².